The van der Waals surface area contributed by atoms with Gasteiger partial charge in [-0.3, -0.25) is 4.79 Å². The van der Waals surface area contributed by atoms with Crippen molar-refractivity contribution >= 4 is 11.6 Å². The number of halogens is 3. The van der Waals surface area contributed by atoms with E-state index in [1.165, 1.54) is 0 Å². The van der Waals surface area contributed by atoms with Crippen LogP contribution >= 0.6 is 0 Å². The number of hydrogen-bond acceptors (Lipinski definition) is 1. The minimum Gasteiger partial charge on any atom is -0.307 e. The molecule has 17 heavy (non-hydrogen) atoms. The minimum atomic E-state index is -1.07. The van der Waals surface area contributed by atoms with Gasteiger partial charge < -0.3 is 4.90 Å². The van der Waals surface area contributed by atoms with Crippen molar-refractivity contribution in [2.45, 2.75) is 6.42 Å². The zero-order valence-electron chi connectivity index (χ0n) is 8.92. The summed E-state index contributed by atoms with van der Waals surface area (Å²) in [7, 11) is 0. The Kier molecular flexibility index (Phi) is 2.92. The van der Waals surface area contributed by atoms with Gasteiger partial charge in [0.15, 0.2) is 11.6 Å². The quantitative estimate of drug-likeness (QED) is 0.729. The monoisotopic (exact) mass is 241 g/mol. The third-order valence-corrected chi connectivity index (χ3v) is 2.74. The van der Waals surface area contributed by atoms with Crippen LogP contribution in [0.2, 0.25) is 0 Å². The molecule has 0 radical (unpaired) electrons. The van der Waals surface area contributed by atoms with Gasteiger partial charge in [0.1, 0.15) is 11.5 Å². The summed E-state index contributed by atoms with van der Waals surface area (Å²) in [6.45, 7) is 3.71. The standard InChI is InChI=1S/C12H10F3NO/c1-2-7-3-11(17)16(6-7)12-9(14)4-8(13)5-10(12)15/h2,4-5,7H,1,3,6H2. The molecular formula is C12H10F3NO. The van der Waals surface area contributed by atoms with Crippen molar-refractivity contribution in [1.82, 2.24) is 0 Å². The molecule has 0 bridgehead atoms. The Labute approximate surface area is 96.3 Å². The Morgan fingerprint density at radius 2 is 1.88 bits per heavy atom. The molecule has 1 atom stereocenters. The molecule has 90 valence electrons. The predicted molar refractivity (Wildman–Crippen MR) is 57.0 cm³/mol. The lowest BCUT2D eigenvalue weighted by Crippen LogP contribution is -2.26. The number of benzene rings is 1. The lowest BCUT2D eigenvalue weighted by molar-refractivity contribution is -0.117. The van der Waals surface area contributed by atoms with Gasteiger partial charge in [0.05, 0.1) is 0 Å². The molecule has 0 spiro atoms. The number of hydrogen-bond donors (Lipinski definition) is 0. The maximum absolute atomic E-state index is 13.5. The van der Waals surface area contributed by atoms with Crippen molar-refractivity contribution < 1.29 is 18.0 Å². The van der Waals surface area contributed by atoms with E-state index >= 15 is 0 Å². The zero-order chi connectivity index (χ0) is 12.6. The number of carbonyl (C=O) groups is 1. The van der Waals surface area contributed by atoms with Crippen LogP contribution in [0.25, 0.3) is 0 Å². The highest BCUT2D eigenvalue weighted by Crippen LogP contribution is 2.30. The molecule has 1 aliphatic heterocycles. The van der Waals surface area contributed by atoms with Gasteiger partial charge in [-0.25, -0.2) is 13.2 Å². The summed E-state index contributed by atoms with van der Waals surface area (Å²) in [6, 6.07) is 1.12. The summed E-state index contributed by atoms with van der Waals surface area (Å²) in [4.78, 5) is 12.6. The van der Waals surface area contributed by atoms with E-state index in [2.05, 4.69) is 6.58 Å². The van der Waals surface area contributed by atoms with Crippen LogP contribution in [0.4, 0.5) is 18.9 Å². The fourth-order valence-electron chi connectivity index (χ4n) is 1.90. The van der Waals surface area contributed by atoms with Gasteiger partial charge in [-0.15, -0.1) is 6.58 Å². The Balaban J connectivity index is 2.41. The van der Waals surface area contributed by atoms with Crippen LogP contribution in [0.1, 0.15) is 6.42 Å². The van der Waals surface area contributed by atoms with Crippen molar-refractivity contribution in [1.29, 1.82) is 0 Å². The summed E-state index contributed by atoms with van der Waals surface area (Å²) >= 11 is 0. The smallest absolute Gasteiger partial charge is 0.227 e. The van der Waals surface area contributed by atoms with Crippen molar-refractivity contribution in [3.63, 3.8) is 0 Å². The number of rotatable bonds is 2. The number of anilines is 1. The van der Waals surface area contributed by atoms with E-state index in [-0.39, 0.29) is 24.8 Å². The molecule has 1 heterocycles. The van der Waals surface area contributed by atoms with Crippen molar-refractivity contribution in [2.75, 3.05) is 11.4 Å². The predicted octanol–water partition coefficient (Wildman–Crippen LogP) is 2.64. The average molecular weight is 241 g/mol. The maximum Gasteiger partial charge on any atom is 0.227 e. The van der Waals surface area contributed by atoms with Crippen LogP contribution in [0.3, 0.4) is 0 Å². The van der Waals surface area contributed by atoms with E-state index in [1.54, 1.807) is 6.08 Å². The highest BCUT2D eigenvalue weighted by molar-refractivity contribution is 5.96. The number of amides is 1. The second-order valence-electron chi connectivity index (χ2n) is 3.92. The summed E-state index contributed by atoms with van der Waals surface area (Å²) in [5.74, 6) is -3.66. The first kappa shape index (κ1) is 11.7. The van der Waals surface area contributed by atoms with Crippen LogP contribution in [-0.4, -0.2) is 12.5 Å². The van der Waals surface area contributed by atoms with Crippen molar-refractivity contribution in [3.8, 4) is 0 Å². The van der Waals surface area contributed by atoms with E-state index < -0.39 is 23.1 Å². The van der Waals surface area contributed by atoms with Crippen LogP contribution in [-0.2, 0) is 4.79 Å². The first-order valence-electron chi connectivity index (χ1n) is 5.10. The molecule has 2 rings (SSSR count). The second-order valence-corrected chi connectivity index (χ2v) is 3.92. The Hall–Kier alpha value is -1.78. The molecule has 0 aromatic heterocycles. The maximum atomic E-state index is 13.5. The highest BCUT2D eigenvalue weighted by Gasteiger charge is 2.32. The van der Waals surface area contributed by atoms with E-state index in [0.29, 0.717) is 12.1 Å². The van der Waals surface area contributed by atoms with Crippen molar-refractivity contribution in [2.24, 2.45) is 5.92 Å². The van der Waals surface area contributed by atoms with E-state index in [1.807, 2.05) is 0 Å². The first-order valence-corrected chi connectivity index (χ1v) is 5.10. The molecule has 2 nitrogen and oxygen atoms in total. The highest BCUT2D eigenvalue weighted by atomic mass is 19.1. The third kappa shape index (κ3) is 2.05. The molecule has 1 aliphatic rings. The van der Waals surface area contributed by atoms with E-state index in [9.17, 15) is 18.0 Å². The van der Waals surface area contributed by atoms with Crippen LogP contribution in [0.15, 0.2) is 24.8 Å². The molecular weight excluding hydrogens is 231 g/mol. The van der Waals surface area contributed by atoms with Gasteiger partial charge in [-0.1, -0.05) is 6.08 Å². The first-order chi connectivity index (χ1) is 8.02. The molecule has 1 amide bonds. The zero-order valence-corrected chi connectivity index (χ0v) is 8.92. The second kappa shape index (κ2) is 4.24. The van der Waals surface area contributed by atoms with Crippen LogP contribution in [0, 0.1) is 23.4 Å². The van der Waals surface area contributed by atoms with Gasteiger partial charge in [0.25, 0.3) is 0 Å². The van der Waals surface area contributed by atoms with Gasteiger partial charge in [0, 0.05) is 31.0 Å². The molecule has 1 unspecified atom stereocenters. The summed E-state index contributed by atoms with van der Waals surface area (Å²) in [6.07, 6.45) is 1.73. The topological polar surface area (TPSA) is 20.3 Å². The van der Waals surface area contributed by atoms with Gasteiger partial charge in [0.2, 0.25) is 5.91 Å². The molecule has 0 saturated carbocycles. The lowest BCUT2D eigenvalue weighted by atomic mass is 10.1. The van der Waals surface area contributed by atoms with Crippen molar-refractivity contribution in [3.05, 3.63) is 42.2 Å². The van der Waals surface area contributed by atoms with E-state index in [4.69, 9.17) is 0 Å². The Bertz CT molecular complexity index is 464. The molecule has 1 aromatic carbocycles. The largest absolute Gasteiger partial charge is 0.307 e. The summed E-state index contributed by atoms with van der Waals surface area (Å²) in [5, 5.41) is 0. The summed E-state index contributed by atoms with van der Waals surface area (Å²) < 4.78 is 39.7. The van der Waals surface area contributed by atoms with Crippen LogP contribution in [0.5, 0.6) is 0 Å². The fraction of sp³-hybridized carbons (Fsp3) is 0.250. The normalized spacial score (nSPS) is 19.8. The molecule has 1 fully saturated rings. The fourth-order valence-corrected chi connectivity index (χ4v) is 1.90. The third-order valence-electron chi connectivity index (χ3n) is 2.74. The lowest BCUT2D eigenvalue weighted by Gasteiger charge is -2.17. The average Bonchev–Trinajstić information content (AvgIpc) is 2.59. The Morgan fingerprint density at radius 1 is 1.29 bits per heavy atom. The summed E-state index contributed by atoms with van der Waals surface area (Å²) in [5.41, 5.74) is -0.485. The molecule has 1 aromatic rings. The number of carbonyl (C=O) groups excluding carboxylic acids is 1. The van der Waals surface area contributed by atoms with Crippen LogP contribution < -0.4 is 4.90 Å². The minimum absolute atomic E-state index is 0.133. The Morgan fingerprint density at radius 3 is 2.35 bits per heavy atom. The number of nitrogens with zero attached hydrogens (tertiary/aromatic N) is 1. The van der Waals surface area contributed by atoms with Gasteiger partial charge in [-0.05, 0) is 0 Å². The molecule has 0 aliphatic carbocycles. The van der Waals surface area contributed by atoms with Gasteiger partial charge >= 0.3 is 0 Å². The molecule has 1 saturated heterocycles. The van der Waals surface area contributed by atoms with Gasteiger partial charge in [-0.2, -0.15) is 0 Å². The molecule has 0 N–H and O–H groups in total. The SMILES string of the molecule is C=CC1CC(=O)N(c2c(F)cc(F)cc2F)C1. The molecule has 5 heteroatoms. The van der Waals surface area contributed by atoms with E-state index in [0.717, 1.165) is 4.90 Å².